The second-order valence-corrected chi connectivity index (χ2v) is 8.32. The normalized spacial score (nSPS) is 16.5. The SMILES string of the molecule is O=C(c1ccc2ccccc2n1)N1CCC[C@H](c2ncc(Cc3ccccc3Cl)o2)C1. The van der Waals surface area contributed by atoms with E-state index in [9.17, 15) is 4.79 Å². The van der Waals surface area contributed by atoms with Crippen LogP contribution in [0.4, 0.5) is 0 Å². The Labute approximate surface area is 185 Å². The minimum absolute atomic E-state index is 0.0432. The molecule has 0 spiro atoms. The van der Waals surface area contributed by atoms with E-state index in [1.165, 1.54) is 0 Å². The van der Waals surface area contributed by atoms with E-state index in [0.717, 1.165) is 46.6 Å². The first-order valence-corrected chi connectivity index (χ1v) is 10.9. The molecule has 0 aliphatic carbocycles. The molecule has 31 heavy (non-hydrogen) atoms. The summed E-state index contributed by atoms with van der Waals surface area (Å²) < 4.78 is 6.05. The Morgan fingerprint density at radius 3 is 2.84 bits per heavy atom. The van der Waals surface area contributed by atoms with Gasteiger partial charge in [0.25, 0.3) is 5.91 Å². The number of para-hydroxylation sites is 1. The maximum absolute atomic E-state index is 13.1. The first kappa shape index (κ1) is 19.8. The molecule has 1 saturated heterocycles. The number of nitrogens with zero attached hydrogens (tertiary/aromatic N) is 3. The number of benzene rings is 2. The van der Waals surface area contributed by atoms with Gasteiger partial charge in [0.1, 0.15) is 11.5 Å². The molecular formula is C25H22ClN3O2. The van der Waals surface area contributed by atoms with Crippen molar-refractivity contribution in [3.63, 3.8) is 0 Å². The lowest BCUT2D eigenvalue weighted by Crippen LogP contribution is -2.39. The zero-order chi connectivity index (χ0) is 21.2. The van der Waals surface area contributed by atoms with E-state index in [1.807, 2.05) is 59.5 Å². The molecule has 0 radical (unpaired) electrons. The summed E-state index contributed by atoms with van der Waals surface area (Å²) in [5.74, 6) is 1.50. The van der Waals surface area contributed by atoms with E-state index in [2.05, 4.69) is 9.97 Å². The van der Waals surface area contributed by atoms with Gasteiger partial charge in [-0.1, -0.05) is 54.1 Å². The highest BCUT2D eigenvalue weighted by atomic mass is 35.5. The Morgan fingerprint density at radius 1 is 1.10 bits per heavy atom. The van der Waals surface area contributed by atoms with Crippen LogP contribution in [0.1, 0.15) is 46.5 Å². The molecule has 1 aliphatic heterocycles. The molecule has 3 heterocycles. The molecule has 4 aromatic rings. The van der Waals surface area contributed by atoms with Gasteiger partial charge >= 0.3 is 0 Å². The van der Waals surface area contributed by atoms with Crippen molar-refractivity contribution < 1.29 is 9.21 Å². The summed E-state index contributed by atoms with van der Waals surface area (Å²) in [5.41, 5.74) is 2.32. The summed E-state index contributed by atoms with van der Waals surface area (Å²) in [6.07, 6.45) is 4.22. The van der Waals surface area contributed by atoms with Gasteiger partial charge in [-0.25, -0.2) is 9.97 Å². The highest BCUT2D eigenvalue weighted by molar-refractivity contribution is 6.31. The van der Waals surface area contributed by atoms with Gasteiger partial charge in [-0.15, -0.1) is 0 Å². The third-order valence-corrected chi connectivity index (χ3v) is 6.14. The van der Waals surface area contributed by atoms with Crippen molar-refractivity contribution in [3.8, 4) is 0 Å². The molecule has 1 aliphatic rings. The highest BCUT2D eigenvalue weighted by Crippen LogP contribution is 2.29. The summed E-state index contributed by atoms with van der Waals surface area (Å²) >= 11 is 6.27. The Hall–Kier alpha value is -3.18. The number of hydrogen-bond acceptors (Lipinski definition) is 4. The lowest BCUT2D eigenvalue weighted by atomic mass is 9.97. The zero-order valence-electron chi connectivity index (χ0n) is 17.0. The zero-order valence-corrected chi connectivity index (χ0v) is 17.8. The van der Waals surface area contributed by atoms with Crippen LogP contribution in [0.5, 0.6) is 0 Å². The summed E-state index contributed by atoms with van der Waals surface area (Å²) in [5, 5.41) is 1.75. The van der Waals surface area contributed by atoms with E-state index in [0.29, 0.717) is 24.6 Å². The van der Waals surface area contributed by atoms with Gasteiger partial charge in [0.15, 0.2) is 5.89 Å². The van der Waals surface area contributed by atoms with E-state index in [-0.39, 0.29) is 11.8 Å². The van der Waals surface area contributed by atoms with Gasteiger partial charge in [-0.3, -0.25) is 4.79 Å². The quantitative estimate of drug-likeness (QED) is 0.429. The van der Waals surface area contributed by atoms with Gasteiger partial charge in [0.2, 0.25) is 0 Å². The molecule has 156 valence electrons. The van der Waals surface area contributed by atoms with Crippen molar-refractivity contribution in [3.05, 3.63) is 94.8 Å². The van der Waals surface area contributed by atoms with Crippen LogP contribution in [-0.4, -0.2) is 33.9 Å². The minimum atomic E-state index is -0.0432. The van der Waals surface area contributed by atoms with Crippen LogP contribution < -0.4 is 0 Å². The predicted molar refractivity (Wildman–Crippen MR) is 120 cm³/mol. The van der Waals surface area contributed by atoms with Gasteiger partial charge in [0, 0.05) is 29.9 Å². The van der Waals surface area contributed by atoms with Crippen molar-refractivity contribution in [2.24, 2.45) is 0 Å². The fourth-order valence-electron chi connectivity index (χ4n) is 4.13. The van der Waals surface area contributed by atoms with E-state index >= 15 is 0 Å². The van der Waals surface area contributed by atoms with Crippen molar-refractivity contribution in [2.45, 2.75) is 25.2 Å². The number of carbonyl (C=O) groups is 1. The van der Waals surface area contributed by atoms with Crippen LogP contribution in [0.25, 0.3) is 10.9 Å². The fourth-order valence-corrected chi connectivity index (χ4v) is 4.34. The van der Waals surface area contributed by atoms with Crippen LogP contribution in [0, 0.1) is 0 Å². The first-order chi connectivity index (χ1) is 15.2. The second-order valence-electron chi connectivity index (χ2n) is 7.91. The van der Waals surface area contributed by atoms with Crippen molar-refractivity contribution in [1.82, 2.24) is 14.9 Å². The molecule has 6 heteroatoms. The summed E-state index contributed by atoms with van der Waals surface area (Å²) in [4.78, 5) is 24.0. The number of aromatic nitrogens is 2. The van der Waals surface area contributed by atoms with Crippen molar-refractivity contribution in [1.29, 1.82) is 0 Å². The third kappa shape index (κ3) is 4.19. The van der Waals surface area contributed by atoms with Crippen LogP contribution >= 0.6 is 11.6 Å². The first-order valence-electron chi connectivity index (χ1n) is 10.5. The molecule has 5 nitrogen and oxygen atoms in total. The number of rotatable bonds is 4. The van der Waals surface area contributed by atoms with Crippen LogP contribution in [0.3, 0.4) is 0 Å². The number of amides is 1. The Balaban J connectivity index is 1.30. The largest absolute Gasteiger partial charge is 0.445 e. The molecule has 1 fully saturated rings. The molecule has 1 amide bonds. The number of halogens is 1. The highest BCUT2D eigenvalue weighted by Gasteiger charge is 2.29. The fraction of sp³-hybridized carbons (Fsp3) is 0.240. The molecule has 1 atom stereocenters. The summed E-state index contributed by atoms with van der Waals surface area (Å²) in [6, 6.07) is 19.3. The van der Waals surface area contributed by atoms with Crippen LogP contribution in [0.15, 0.2) is 71.3 Å². The van der Waals surface area contributed by atoms with E-state index in [4.69, 9.17) is 16.0 Å². The average Bonchev–Trinajstić information content (AvgIpc) is 3.28. The smallest absolute Gasteiger partial charge is 0.272 e. The molecule has 0 N–H and O–H groups in total. The van der Waals surface area contributed by atoms with Gasteiger partial charge < -0.3 is 9.32 Å². The molecule has 0 unspecified atom stereocenters. The van der Waals surface area contributed by atoms with Crippen molar-refractivity contribution in [2.75, 3.05) is 13.1 Å². The Bertz CT molecular complexity index is 1240. The van der Waals surface area contributed by atoms with Gasteiger partial charge in [0.05, 0.1) is 17.6 Å². The Kier molecular flexibility index (Phi) is 5.43. The van der Waals surface area contributed by atoms with Gasteiger partial charge in [-0.05, 0) is 36.6 Å². The minimum Gasteiger partial charge on any atom is -0.445 e. The number of piperidine rings is 1. The monoisotopic (exact) mass is 431 g/mol. The number of hydrogen-bond donors (Lipinski definition) is 0. The number of carbonyl (C=O) groups excluding carboxylic acids is 1. The average molecular weight is 432 g/mol. The van der Waals surface area contributed by atoms with Crippen LogP contribution in [-0.2, 0) is 6.42 Å². The molecule has 2 aromatic heterocycles. The molecule has 0 saturated carbocycles. The number of oxazole rings is 1. The maximum atomic E-state index is 13.1. The number of fused-ring (bicyclic) bond motifs is 1. The Morgan fingerprint density at radius 2 is 1.94 bits per heavy atom. The number of pyridine rings is 1. The summed E-state index contributed by atoms with van der Waals surface area (Å²) in [7, 11) is 0. The lowest BCUT2D eigenvalue weighted by molar-refractivity contribution is 0.0692. The van der Waals surface area contributed by atoms with Crippen LogP contribution in [0.2, 0.25) is 5.02 Å². The second kappa shape index (κ2) is 8.52. The van der Waals surface area contributed by atoms with Gasteiger partial charge in [-0.2, -0.15) is 0 Å². The molecule has 0 bridgehead atoms. The van der Waals surface area contributed by atoms with E-state index < -0.39 is 0 Å². The predicted octanol–water partition coefficient (Wildman–Crippen LogP) is 5.49. The molecule has 2 aromatic carbocycles. The standard InChI is InChI=1S/C25H22ClN3O2/c26-21-9-3-1-7-18(21)14-20-15-27-24(31-20)19-8-5-13-29(16-19)25(30)23-12-11-17-6-2-4-10-22(17)28-23/h1-4,6-7,9-12,15,19H,5,8,13-14,16H2/t19-/m0/s1. The molecular weight excluding hydrogens is 410 g/mol. The molecule has 5 rings (SSSR count). The van der Waals surface area contributed by atoms with Crippen molar-refractivity contribution >= 4 is 28.4 Å². The number of likely N-dealkylation sites (tertiary alicyclic amines) is 1. The topological polar surface area (TPSA) is 59.2 Å². The van der Waals surface area contributed by atoms with E-state index in [1.54, 1.807) is 12.3 Å². The lowest BCUT2D eigenvalue weighted by Gasteiger charge is -2.31. The third-order valence-electron chi connectivity index (χ3n) is 5.77. The summed E-state index contributed by atoms with van der Waals surface area (Å²) in [6.45, 7) is 1.30. The maximum Gasteiger partial charge on any atom is 0.272 e.